The Balaban J connectivity index is 1.63. The first-order valence-electron chi connectivity index (χ1n) is 6.31. The van der Waals surface area contributed by atoms with E-state index in [-0.39, 0.29) is 0 Å². The van der Waals surface area contributed by atoms with E-state index in [2.05, 4.69) is 28.8 Å². The fourth-order valence-electron chi connectivity index (χ4n) is 2.08. The molecule has 1 aromatic rings. The molecule has 1 heterocycles. The highest BCUT2D eigenvalue weighted by atomic mass is 32.2. The van der Waals surface area contributed by atoms with Crippen LogP contribution in [0.1, 0.15) is 18.4 Å². The number of aryl methyl sites for hydroxylation is 1. The summed E-state index contributed by atoms with van der Waals surface area (Å²) in [4.78, 5) is 2.55. The lowest BCUT2D eigenvalue weighted by Crippen LogP contribution is -2.20. The Kier molecular flexibility index (Phi) is 5.20. The van der Waals surface area contributed by atoms with Crippen molar-refractivity contribution in [1.29, 1.82) is 0 Å². The van der Waals surface area contributed by atoms with Crippen molar-refractivity contribution in [1.82, 2.24) is 4.90 Å². The standard InChI is InChI=1S/C14H21NOS/c1-16-14-7-5-13(6-8-14)4-2-3-9-15-10-11-17-12-15/h5-8H,2-4,9-12H2,1H3. The van der Waals surface area contributed by atoms with Gasteiger partial charge in [0.15, 0.2) is 0 Å². The number of nitrogens with zero attached hydrogens (tertiary/aromatic N) is 1. The summed E-state index contributed by atoms with van der Waals surface area (Å²) in [5.41, 5.74) is 1.42. The van der Waals surface area contributed by atoms with E-state index < -0.39 is 0 Å². The van der Waals surface area contributed by atoms with Gasteiger partial charge >= 0.3 is 0 Å². The predicted molar refractivity (Wildman–Crippen MR) is 74.8 cm³/mol. The third kappa shape index (κ3) is 4.25. The van der Waals surface area contributed by atoms with Gasteiger partial charge in [0.1, 0.15) is 5.75 Å². The maximum Gasteiger partial charge on any atom is 0.118 e. The summed E-state index contributed by atoms with van der Waals surface area (Å²) in [5, 5.41) is 0. The van der Waals surface area contributed by atoms with E-state index in [1.807, 2.05) is 12.1 Å². The number of hydrogen-bond acceptors (Lipinski definition) is 3. The SMILES string of the molecule is COc1ccc(CCCCN2CCSC2)cc1. The molecule has 17 heavy (non-hydrogen) atoms. The molecule has 1 saturated heterocycles. The number of thioether (sulfide) groups is 1. The van der Waals surface area contributed by atoms with Crippen LogP contribution in [-0.4, -0.2) is 36.7 Å². The van der Waals surface area contributed by atoms with Crippen molar-refractivity contribution in [3.63, 3.8) is 0 Å². The van der Waals surface area contributed by atoms with E-state index in [9.17, 15) is 0 Å². The fraction of sp³-hybridized carbons (Fsp3) is 0.571. The lowest BCUT2D eigenvalue weighted by Gasteiger charge is -2.12. The van der Waals surface area contributed by atoms with Crippen LogP contribution in [0.25, 0.3) is 0 Å². The molecule has 0 amide bonds. The first-order valence-corrected chi connectivity index (χ1v) is 7.47. The number of rotatable bonds is 6. The number of methoxy groups -OCH3 is 1. The maximum atomic E-state index is 5.15. The monoisotopic (exact) mass is 251 g/mol. The van der Waals surface area contributed by atoms with Gasteiger partial charge in [0, 0.05) is 18.2 Å². The average molecular weight is 251 g/mol. The molecular weight excluding hydrogens is 230 g/mol. The third-order valence-corrected chi connectivity index (χ3v) is 4.19. The molecule has 94 valence electrons. The molecule has 1 fully saturated rings. The van der Waals surface area contributed by atoms with Gasteiger partial charge in [0.25, 0.3) is 0 Å². The molecule has 0 N–H and O–H groups in total. The van der Waals surface area contributed by atoms with E-state index in [4.69, 9.17) is 4.74 Å². The Hall–Kier alpha value is -0.670. The zero-order valence-electron chi connectivity index (χ0n) is 10.5. The molecule has 1 aromatic carbocycles. The lowest BCUT2D eigenvalue weighted by molar-refractivity contribution is 0.346. The first-order chi connectivity index (χ1) is 8.38. The molecule has 0 aliphatic carbocycles. The van der Waals surface area contributed by atoms with Gasteiger partial charge in [-0.15, -0.1) is 11.8 Å². The molecular formula is C14H21NOS. The van der Waals surface area contributed by atoms with E-state index >= 15 is 0 Å². The van der Waals surface area contributed by atoms with Crippen molar-refractivity contribution in [2.24, 2.45) is 0 Å². The lowest BCUT2D eigenvalue weighted by atomic mass is 10.1. The van der Waals surface area contributed by atoms with Crippen molar-refractivity contribution < 1.29 is 4.74 Å². The molecule has 0 unspecified atom stereocenters. The molecule has 3 heteroatoms. The van der Waals surface area contributed by atoms with Gasteiger partial charge < -0.3 is 4.74 Å². The minimum atomic E-state index is 0.947. The predicted octanol–water partition coefficient (Wildman–Crippen LogP) is 3.02. The topological polar surface area (TPSA) is 12.5 Å². The van der Waals surface area contributed by atoms with Crippen LogP contribution in [0.15, 0.2) is 24.3 Å². The summed E-state index contributed by atoms with van der Waals surface area (Å²) in [5.74, 6) is 3.50. The molecule has 0 aromatic heterocycles. The van der Waals surface area contributed by atoms with Crippen LogP contribution in [0.3, 0.4) is 0 Å². The number of unbranched alkanes of at least 4 members (excludes halogenated alkanes) is 1. The average Bonchev–Trinajstić information content (AvgIpc) is 2.88. The van der Waals surface area contributed by atoms with Gasteiger partial charge in [-0.1, -0.05) is 12.1 Å². The van der Waals surface area contributed by atoms with Gasteiger partial charge in [0.05, 0.1) is 7.11 Å². The summed E-state index contributed by atoms with van der Waals surface area (Å²) in [6.45, 7) is 2.55. The van der Waals surface area contributed by atoms with E-state index in [0.29, 0.717) is 0 Å². The van der Waals surface area contributed by atoms with Crippen LogP contribution in [0.2, 0.25) is 0 Å². The van der Waals surface area contributed by atoms with E-state index in [1.165, 1.54) is 49.5 Å². The summed E-state index contributed by atoms with van der Waals surface area (Å²) in [6, 6.07) is 8.44. The summed E-state index contributed by atoms with van der Waals surface area (Å²) < 4.78 is 5.15. The number of ether oxygens (including phenoxy) is 1. The van der Waals surface area contributed by atoms with E-state index in [0.717, 1.165) is 5.75 Å². The molecule has 0 spiro atoms. The molecule has 0 radical (unpaired) electrons. The second kappa shape index (κ2) is 6.92. The molecule has 1 aliphatic rings. The maximum absolute atomic E-state index is 5.15. The minimum Gasteiger partial charge on any atom is -0.497 e. The Morgan fingerprint density at radius 3 is 2.71 bits per heavy atom. The highest BCUT2D eigenvalue weighted by Crippen LogP contribution is 2.15. The van der Waals surface area contributed by atoms with Gasteiger partial charge in [-0.25, -0.2) is 0 Å². The van der Waals surface area contributed by atoms with Crippen LogP contribution in [0, 0.1) is 0 Å². The number of hydrogen-bond donors (Lipinski definition) is 0. The van der Waals surface area contributed by atoms with Crippen molar-refractivity contribution in [3.05, 3.63) is 29.8 Å². The van der Waals surface area contributed by atoms with Crippen molar-refractivity contribution in [2.45, 2.75) is 19.3 Å². The highest BCUT2D eigenvalue weighted by molar-refractivity contribution is 7.99. The fourth-order valence-corrected chi connectivity index (χ4v) is 3.12. The van der Waals surface area contributed by atoms with Crippen LogP contribution < -0.4 is 4.74 Å². The third-order valence-electron chi connectivity index (χ3n) is 3.17. The molecule has 2 nitrogen and oxygen atoms in total. The van der Waals surface area contributed by atoms with Gasteiger partial charge in [-0.05, 0) is 43.5 Å². The van der Waals surface area contributed by atoms with Crippen molar-refractivity contribution in [2.75, 3.05) is 31.8 Å². The summed E-state index contributed by atoms with van der Waals surface area (Å²) >= 11 is 2.05. The Morgan fingerprint density at radius 2 is 2.06 bits per heavy atom. The molecule has 0 saturated carbocycles. The van der Waals surface area contributed by atoms with Crippen LogP contribution >= 0.6 is 11.8 Å². The second-order valence-electron chi connectivity index (χ2n) is 4.46. The first kappa shape index (κ1) is 12.8. The van der Waals surface area contributed by atoms with Crippen molar-refractivity contribution in [3.8, 4) is 5.75 Å². The van der Waals surface area contributed by atoms with Gasteiger partial charge in [0.2, 0.25) is 0 Å². The van der Waals surface area contributed by atoms with Crippen LogP contribution in [0.5, 0.6) is 5.75 Å². The number of benzene rings is 1. The van der Waals surface area contributed by atoms with E-state index in [1.54, 1.807) is 7.11 Å². The van der Waals surface area contributed by atoms with Gasteiger partial charge in [-0.2, -0.15) is 0 Å². The van der Waals surface area contributed by atoms with Crippen molar-refractivity contribution >= 4 is 11.8 Å². The smallest absolute Gasteiger partial charge is 0.118 e. The summed E-state index contributed by atoms with van der Waals surface area (Å²) in [6.07, 6.45) is 3.78. The largest absolute Gasteiger partial charge is 0.497 e. The van der Waals surface area contributed by atoms with Gasteiger partial charge in [-0.3, -0.25) is 4.90 Å². The Morgan fingerprint density at radius 1 is 1.24 bits per heavy atom. The molecule has 2 rings (SSSR count). The molecule has 0 atom stereocenters. The van der Waals surface area contributed by atoms with Crippen LogP contribution in [-0.2, 0) is 6.42 Å². The Bertz CT molecular complexity index is 319. The second-order valence-corrected chi connectivity index (χ2v) is 5.54. The Labute approximate surface area is 108 Å². The quantitative estimate of drug-likeness (QED) is 0.721. The highest BCUT2D eigenvalue weighted by Gasteiger charge is 2.10. The van der Waals surface area contributed by atoms with Crippen LogP contribution in [0.4, 0.5) is 0 Å². The summed E-state index contributed by atoms with van der Waals surface area (Å²) in [7, 11) is 1.71. The minimum absolute atomic E-state index is 0.947. The zero-order chi connectivity index (χ0) is 11.9. The molecule has 0 bridgehead atoms. The normalized spacial score (nSPS) is 16.3. The molecule has 1 aliphatic heterocycles. The zero-order valence-corrected chi connectivity index (χ0v) is 11.3.